The monoisotopic (exact) mass is 239 g/mol. The van der Waals surface area contributed by atoms with Gasteiger partial charge in [-0.1, -0.05) is 20.8 Å². The van der Waals surface area contributed by atoms with E-state index in [0.29, 0.717) is 22.9 Å². The summed E-state index contributed by atoms with van der Waals surface area (Å²) in [6.45, 7) is 9.49. The standard InChI is InChI=1S/C15H29NO/c1-11(15(4)8-9-15)16(5)13-10-12(17)6-7-14(13,2)3/h11-13,17H,6-10H2,1-5H3. The second-order valence-corrected chi connectivity index (χ2v) is 7.43. The van der Waals surface area contributed by atoms with Crippen molar-refractivity contribution in [2.75, 3.05) is 7.05 Å². The second kappa shape index (κ2) is 4.24. The van der Waals surface area contributed by atoms with Crippen LogP contribution < -0.4 is 0 Å². The fourth-order valence-electron chi connectivity index (χ4n) is 3.49. The molecule has 3 unspecified atom stereocenters. The van der Waals surface area contributed by atoms with Gasteiger partial charge in [0.05, 0.1) is 6.10 Å². The molecule has 2 rings (SSSR count). The third-order valence-electron chi connectivity index (χ3n) is 5.67. The van der Waals surface area contributed by atoms with Crippen molar-refractivity contribution in [3.8, 4) is 0 Å². The Morgan fingerprint density at radius 3 is 2.29 bits per heavy atom. The van der Waals surface area contributed by atoms with Gasteiger partial charge in [0.15, 0.2) is 0 Å². The smallest absolute Gasteiger partial charge is 0.0555 e. The number of hydrogen-bond donors (Lipinski definition) is 1. The van der Waals surface area contributed by atoms with Gasteiger partial charge < -0.3 is 5.11 Å². The molecule has 1 N–H and O–H groups in total. The predicted molar refractivity (Wildman–Crippen MR) is 72.0 cm³/mol. The van der Waals surface area contributed by atoms with Gasteiger partial charge in [-0.3, -0.25) is 4.90 Å². The summed E-state index contributed by atoms with van der Waals surface area (Å²) in [5.41, 5.74) is 0.876. The van der Waals surface area contributed by atoms with Crippen molar-refractivity contribution >= 4 is 0 Å². The van der Waals surface area contributed by atoms with E-state index in [1.165, 1.54) is 12.8 Å². The van der Waals surface area contributed by atoms with Crippen LogP contribution in [0.25, 0.3) is 0 Å². The van der Waals surface area contributed by atoms with Gasteiger partial charge in [-0.25, -0.2) is 0 Å². The summed E-state index contributed by atoms with van der Waals surface area (Å²) in [7, 11) is 2.26. The zero-order chi connectivity index (χ0) is 12.8. The van der Waals surface area contributed by atoms with Gasteiger partial charge in [0.2, 0.25) is 0 Å². The lowest BCUT2D eigenvalue weighted by atomic mass is 9.71. The summed E-state index contributed by atoms with van der Waals surface area (Å²) in [6, 6.07) is 1.16. The highest BCUT2D eigenvalue weighted by Gasteiger charge is 2.48. The molecule has 0 bridgehead atoms. The normalized spacial score (nSPS) is 36.9. The van der Waals surface area contributed by atoms with Crippen LogP contribution in [0, 0.1) is 10.8 Å². The zero-order valence-electron chi connectivity index (χ0n) is 12.2. The number of rotatable bonds is 3. The molecule has 2 aliphatic rings. The van der Waals surface area contributed by atoms with Gasteiger partial charge in [0, 0.05) is 12.1 Å². The maximum Gasteiger partial charge on any atom is 0.0555 e. The zero-order valence-corrected chi connectivity index (χ0v) is 12.2. The first-order valence-electron chi connectivity index (χ1n) is 7.16. The van der Waals surface area contributed by atoms with E-state index in [0.717, 1.165) is 19.3 Å². The summed E-state index contributed by atoms with van der Waals surface area (Å²) in [4.78, 5) is 2.55. The molecule has 0 saturated heterocycles. The number of nitrogens with zero attached hydrogens (tertiary/aromatic N) is 1. The van der Waals surface area contributed by atoms with Gasteiger partial charge in [0.25, 0.3) is 0 Å². The lowest BCUT2D eigenvalue weighted by Gasteiger charge is -2.48. The van der Waals surface area contributed by atoms with E-state index in [1.54, 1.807) is 0 Å². The Hall–Kier alpha value is -0.0800. The minimum absolute atomic E-state index is 0.0883. The molecule has 2 fully saturated rings. The SMILES string of the molecule is CC(N(C)C1CC(O)CCC1(C)C)C1(C)CC1. The molecule has 0 aromatic carbocycles. The summed E-state index contributed by atoms with van der Waals surface area (Å²) in [5.74, 6) is 0. The van der Waals surface area contributed by atoms with Crippen molar-refractivity contribution in [2.45, 2.75) is 78.0 Å². The van der Waals surface area contributed by atoms with Gasteiger partial charge in [-0.15, -0.1) is 0 Å². The van der Waals surface area contributed by atoms with Crippen molar-refractivity contribution in [1.29, 1.82) is 0 Å². The topological polar surface area (TPSA) is 23.5 Å². The van der Waals surface area contributed by atoms with Crippen LogP contribution in [-0.2, 0) is 0 Å². The third kappa shape index (κ3) is 2.53. The molecular weight excluding hydrogens is 210 g/mol. The molecule has 0 spiro atoms. The van der Waals surface area contributed by atoms with Crippen LogP contribution in [0.4, 0.5) is 0 Å². The minimum Gasteiger partial charge on any atom is -0.393 e. The maximum absolute atomic E-state index is 9.93. The van der Waals surface area contributed by atoms with E-state index in [2.05, 4.69) is 39.6 Å². The fourth-order valence-corrected chi connectivity index (χ4v) is 3.49. The van der Waals surface area contributed by atoms with Crippen LogP contribution in [0.5, 0.6) is 0 Å². The van der Waals surface area contributed by atoms with Crippen molar-refractivity contribution in [3.63, 3.8) is 0 Å². The first-order valence-corrected chi connectivity index (χ1v) is 7.16. The largest absolute Gasteiger partial charge is 0.393 e. The average molecular weight is 239 g/mol. The Kier molecular flexibility index (Phi) is 3.33. The molecule has 3 atom stereocenters. The van der Waals surface area contributed by atoms with Gasteiger partial charge in [-0.05, 0) is 56.9 Å². The van der Waals surface area contributed by atoms with Crippen LogP contribution in [0.15, 0.2) is 0 Å². The van der Waals surface area contributed by atoms with Gasteiger partial charge in [0.1, 0.15) is 0 Å². The molecule has 100 valence electrons. The van der Waals surface area contributed by atoms with Crippen LogP contribution in [-0.4, -0.2) is 35.2 Å². The van der Waals surface area contributed by atoms with E-state index in [1.807, 2.05) is 0 Å². The number of aliphatic hydroxyl groups excluding tert-OH is 1. The Morgan fingerprint density at radius 2 is 1.76 bits per heavy atom. The van der Waals surface area contributed by atoms with E-state index >= 15 is 0 Å². The summed E-state index contributed by atoms with van der Waals surface area (Å²) in [5, 5.41) is 9.93. The van der Waals surface area contributed by atoms with E-state index in [4.69, 9.17) is 0 Å². The lowest BCUT2D eigenvalue weighted by Crippen LogP contribution is -2.53. The van der Waals surface area contributed by atoms with Gasteiger partial charge >= 0.3 is 0 Å². The Balaban J connectivity index is 2.08. The molecule has 17 heavy (non-hydrogen) atoms. The molecule has 2 saturated carbocycles. The molecule has 0 aliphatic heterocycles. The minimum atomic E-state index is -0.0883. The molecular formula is C15H29NO. The molecule has 2 heteroatoms. The number of hydrogen-bond acceptors (Lipinski definition) is 2. The number of aliphatic hydroxyl groups is 1. The predicted octanol–water partition coefficient (Wildman–Crippen LogP) is 3.05. The van der Waals surface area contributed by atoms with Crippen LogP contribution in [0.3, 0.4) is 0 Å². The first kappa shape index (κ1) is 13.4. The fraction of sp³-hybridized carbons (Fsp3) is 1.00. The summed E-state index contributed by atoms with van der Waals surface area (Å²) < 4.78 is 0. The highest BCUT2D eigenvalue weighted by molar-refractivity contribution is 5.01. The molecule has 0 amide bonds. The molecule has 0 aromatic rings. The van der Waals surface area contributed by atoms with E-state index in [-0.39, 0.29) is 6.10 Å². The highest BCUT2D eigenvalue weighted by Crippen LogP contribution is 2.51. The second-order valence-electron chi connectivity index (χ2n) is 7.43. The van der Waals surface area contributed by atoms with Crippen LogP contribution in [0.1, 0.15) is 59.8 Å². The van der Waals surface area contributed by atoms with Gasteiger partial charge in [-0.2, -0.15) is 0 Å². The van der Waals surface area contributed by atoms with Crippen LogP contribution >= 0.6 is 0 Å². The molecule has 0 radical (unpaired) electrons. The third-order valence-corrected chi connectivity index (χ3v) is 5.67. The van der Waals surface area contributed by atoms with Crippen LogP contribution in [0.2, 0.25) is 0 Å². The van der Waals surface area contributed by atoms with E-state index < -0.39 is 0 Å². The molecule has 0 heterocycles. The summed E-state index contributed by atoms with van der Waals surface area (Å²) in [6.07, 6.45) is 5.72. The molecule has 2 nitrogen and oxygen atoms in total. The molecule has 2 aliphatic carbocycles. The van der Waals surface area contributed by atoms with Crippen molar-refractivity contribution in [3.05, 3.63) is 0 Å². The maximum atomic E-state index is 9.93. The Morgan fingerprint density at radius 1 is 1.18 bits per heavy atom. The first-order chi connectivity index (χ1) is 7.76. The van der Waals surface area contributed by atoms with E-state index in [9.17, 15) is 5.11 Å². The lowest BCUT2D eigenvalue weighted by molar-refractivity contribution is -0.0255. The Bertz CT molecular complexity index is 283. The Labute approximate surface area is 106 Å². The van der Waals surface area contributed by atoms with Crippen molar-refractivity contribution < 1.29 is 5.11 Å². The van der Waals surface area contributed by atoms with Crippen molar-refractivity contribution in [1.82, 2.24) is 4.90 Å². The summed E-state index contributed by atoms with van der Waals surface area (Å²) >= 11 is 0. The quantitative estimate of drug-likeness (QED) is 0.818. The average Bonchev–Trinajstić information content (AvgIpc) is 2.99. The van der Waals surface area contributed by atoms with Crippen molar-refractivity contribution in [2.24, 2.45) is 10.8 Å². The highest BCUT2D eigenvalue weighted by atomic mass is 16.3. The molecule has 0 aromatic heterocycles.